The zero-order valence-corrected chi connectivity index (χ0v) is 26.9. The molecule has 0 radical (unpaired) electrons. The van der Waals surface area contributed by atoms with Crippen LogP contribution in [0.5, 0.6) is 0 Å². The second-order valence-electron chi connectivity index (χ2n) is 11.9. The van der Waals surface area contributed by atoms with Crippen molar-refractivity contribution < 1.29 is 33.4 Å². The van der Waals surface area contributed by atoms with E-state index < -0.39 is 0 Å². The van der Waals surface area contributed by atoms with Gasteiger partial charge in [-0.2, -0.15) is 23.5 Å². The molecule has 4 saturated heterocycles. The van der Waals surface area contributed by atoms with Crippen molar-refractivity contribution in [2.45, 2.75) is 112 Å². The van der Waals surface area contributed by atoms with Crippen molar-refractivity contribution in [3.8, 4) is 0 Å². The molecule has 4 aliphatic heterocycles. The topological polar surface area (TPSA) is 144 Å². The van der Waals surface area contributed by atoms with Crippen LogP contribution in [0.2, 0.25) is 0 Å². The summed E-state index contributed by atoms with van der Waals surface area (Å²) in [6.07, 6.45) is 9.74. The minimum atomic E-state index is -0.0498. The average molecular weight is 643 g/mol. The van der Waals surface area contributed by atoms with Crippen molar-refractivity contribution in [2.75, 3.05) is 51.1 Å². The first-order valence-corrected chi connectivity index (χ1v) is 18.2. The van der Waals surface area contributed by atoms with E-state index in [2.05, 4.69) is 21.3 Å². The van der Waals surface area contributed by atoms with Crippen molar-refractivity contribution in [3.05, 3.63) is 0 Å². The Labute approximate surface area is 264 Å². The van der Waals surface area contributed by atoms with Crippen LogP contribution in [0.3, 0.4) is 0 Å². The largest absolute Gasteiger partial charge is 0.379 e. The Bertz CT molecular complexity index is 844. The van der Waals surface area contributed by atoms with Gasteiger partial charge < -0.3 is 35.5 Å². The molecule has 4 amide bonds. The van der Waals surface area contributed by atoms with Crippen molar-refractivity contribution in [1.29, 1.82) is 0 Å². The summed E-state index contributed by atoms with van der Waals surface area (Å²) in [5, 5.41) is 12.9. The fourth-order valence-electron chi connectivity index (χ4n) is 6.16. The minimum absolute atomic E-state index is 0.0498. The second-order valence-corrected chi connectivity index (χ2v) is 14.4. The molecule has 0 spiro atoms. The van der Waals surface area contributed by atoms with Crippen LogP contribution in [-0.4, -0.2) is 109 Å². The number of thioether (sulfide) groups is 2. The van der Waals surface area contributed by atoms with Crippen LogP contribution in [-0.2, 0) is 23.8 Å². The number of nitrogens with one attached hydrogen (secondary N) is 4. The lowest BCUT2D eigenvalue weighted by molar-refractivity contribution is -0.120. The van der Waals surface area contributed by atoms with Gasteiger partial charge in [0.05, 0.1) is 50.6 Å². The summed E-state index contributed by atoms with van der Waals surface area (Å²) in [6, 6.07) is 0.899. The van der Waals surface area contributed by atoms with Crippen molar-refractivity contribution >= 4 is 47.2 Å². The van der Waals surface area contributed by atoms with Gasteiger partial charge in [-0.1, -0.05) is 12.8 Å². The first-order valence-electron chi connectivity index (χ1n) is 16.1. The number of ether oxygens (including phenoxy) is 3. The van der Waals surface area contributed by atoms with Crippen molar-refractivity contribution in [3.63, 3.8) is 0 Å². The predicted molar refractivity (Wildman–Crippen MR) is 169 cm³/mol. The smallest absolute Gasteiger partial charge is 0.315 e. The molecular weight excluding hydrogens is 592 g/mol. The van der Waals surface area contributed by atoms with E-state index in [9.17, 15) is 19.2 Å². The molecule has 244 valence electrons. The zero-order chi connectivity index (χ0) is 30.3. The molecule has 4 N–H and O–H groups in total. The summed E-state index contributed by atoms with van der Waals surface area (Å²) in [5.41, 5.74) is 0. The van der Waals surface area contributed by atoms with Gasteiger partial charge >= 0.3 is 12.1 Å². The van der Waals surface area contributed by atoms with Gasteiger partial charge in [0.15, 0.2) is 0 Å². The number of hydrogen-bond acceptors (Lipinski definition) is 9. The maximum atomic E-state index is 12.1. The molecular formula is C30H50N4O7S2. The van der Waals surface area contributed by atoms with Crippen LogP contribution in [0, 0.1) is 0 Å². The first kappa shape index (κ1) is 34.3. The van der Waals surface area contributed by atoms with Gasteiger partial charge in [-0.3, -0.25) is 9.59 Å². The van der Waals surface area contributed by atoms with Crippen LogP contribution in [0.15, 0.2) is 0 Å². The van der Waals surface area contributed by atoms with Gasteiger partial charge in [0.1, 0.15) is 11.6 Å². The number of unbranched alkanes of at least 4 members (excludes halogenated alkanes) is 2. The summed E-state index contributed by atoms with van der Waals surface area (Å²) >= 11 is 3.84. The molecule has 0 aromatic heterocycles. The first-order chi connectivity index (χ1) is 21.0. The molecule has 11 nitrogen and oxygen atoms in total. The van der Waals surface area contributed by atoms with Crippen LogP contribution >= 0.6 is 23.5 Å². The number of fused-ring (bicyclic) bond motifs is 2. The van der Waals surface area contributed by atoms with Crippen LogP contribution < -0.4 is 21.3 Å². The maximum Gasteiger partial charge on any atom is 0.315 e. The number of rotatable bonds is 24. The Morgan fingerprint density at radius 3 is 1.40 bits per heavy atom. The Morgan fingerprint density at radius 2 is 0.953 bits per heavy atom. The van der Waals surface area contributed by atoms with Gasteiger partial charge in [0, 0.05) is 60.9 Å². The third-order valence-electron chi connectivity index (χ3n) is 8.50. The second kappa shape index (κ2) is 19.1. The number of Topliss-reactive ketones (excluding diaryl/α,β-unsaturated/α-hetero) is 2. The number of hydrogen-bond donors (Lipinski definition) is 4. The zero-order valence-electron chi connectivity index (χ0n) is 25.3. The highest BCUT2D eigenvalue weighted by atomic mass is 32.2. The number of carbonyl (C=O) groups excluding carboxylic acids is 4. The van der Waals surface area contributed by atoms with E-state index in [0.29, 0.717) is 87.4 Å². The van der Waals surface area contributed by atoms with E-state index in [-0.39, 0.29) is 36.2 Å². The van der Waals surface area contributed by atoms with Gasteiger partial charge in [0.25, 0.3) is 0 Å². The average Bonchev–Trinajstić information content (AvgIpc) is 3.74. The van der Waals surface area contributed by atoms with E-state index in [1.807, 2.05) is 23.5 Å². The van der Waals surface area contributed by atoms with E-state index >= 15 is 0 Å². The molecule has 0 saturated carbocycles. The molecule has 4 aliphatic rings. The lowest BCUT2D eigenvalue weighted by Gasteiger charge is -2.16. The monoisotopic (exact) mass is 642 g/mol. The van der Waals surface area contributed by atoms with Gasteiger partial charge in [0.2, 0.25) is 0 Å². The van der Waals surface area contributed by atoms with Crippen molar-refractivity contribution in [2.24, 2.45) is 0 Å². The van der Waals surface area contributed by atoms with Crippen LogP contribution in [0.1, 0.15) is 77.0 Å². The molecule has 4 heterocycles. The highest BCUT2D eigenvalue weighted by Gasteiger charge is 2.43. The molecule has 0 unspecified atom stereocenters. The summed E-state index contributed by atoms with van der Waals surface area (Å²) in [4.78, 5) is 47.2. The van der Waals surface area contributed by atoms with Gasteiger partial charge in [-0.25, -0.2) is 9.59 Å². The quantitative estimate of drug-likeness (QED) is 0.0922. The summed E-state index contributed by atoms with van der Waals surface area (Å²) in [6.45, 7) is 3.12. The van der Waals surface area contributed by atoms with Gasteiger partial charge in [-0.05, 0) is 38.5 Å². The minimum Gasteiger partial charge on any atom is -0.379 e. The van der Waals surface area contributed by atoms with E-state index in [0.717, 1.165) is 62.9 Å². The Balaban J connectivity index is 0.838. The SMILES string of the molecule is O=C(CCCC[C@@H]1SC[C@@H]2NC(=O)N[C@@H]21)CCCOCCOCCOCCCC(=O)CCCC[C@H]1SC[C@H]2NC(=O)N[C@H]21. The van der Waals surface area contributed by atoms with Gasteiger partial charge in [-0.15, -0.1) is 0 Å². The van der Waals surface area contributed by atoms with Crippen LogP contribution in [0.25, 0.3) is 0 Å². The molecule has 0 aromatic carbocycles. The molecule has 13 heteroatoms. The highest BCUT2D eigenvalue weighted by Crippen LogP contribution is 2.34. The Hall–Kier alpha value is -1.54. The maximum absolute atomic E-state index is 12.1. The number of carbonyl (C=O) groups is 4. The standard InChI is InChI=1S/C30H50N4O7S2/c35-21(7-1-3-11-25-27-23(19-42-25)31-29(37)33-27)9-5-13-39-15-17-41-18-16-40-14-6-10-22(36)8-2-4-12-26-28-24(20-43-26)32-30(38)34-28/h23-28H,1-20H2,(H2,31,33,37)(H2,32,34,38)/t23-,24+,25-,26+,27-,28+. The predicted octanol–water partition coefficient (Wildman–Crippen LogP) is 3.19. The molecule has 4 rings (SSSR count). The highest BCUT2D eigenvalue weighted by molar-refractivity contribution is 8.00. The van der Waals surface area contributed by atoms with E-state index in [1.54, 1.807) is 0 Å². The Morgan fingerprint density at radius 1 is 0.558 bits per heavy atom. The summed E-state index contributed by atoms with van der Waals surface area (Å²) < 4.78 is 16.7. The lowest BCUT2D eigenvalue weighted by Crippen LogP contribution is -2.36. The number of ketones is 2. The number of urea groups is 2. The molecule has 0 aromatic rings. The molecule has 0 aliphatic carbocycles. The summed E-state index contributed by atoms with van der Waals surface area (Å²) in [5.74, 6) is 2.53. The third-order valence-corrected chi connectivity index (χ3v) is 11.5. The fraction of sp³-hybridized carbons (Fsp3) is 0.867. The van der Waals surface area contributed by atoms with Crippen LogP contribution in [0.4, 0.5) is 9.59 Å². The molecule has 4 fully saturated rings. The lowest BCUT2D eigenvalue weighted by atomic mass is 10.0. The Kier molecular flexibility index (Phi) is 15.2. The van der Waals surface area contributed by atoms with E-state index in [1.165, 1.54) is 0 Å². The number of amides is 4. The summed E-state index contributed by atoms with van der Waals surface area (Å²) in [7, 11) is 0. The van der Waals surface area contributed by atoms with E-state index in [4.69, 9.17) is 14.2 Å². The normalized spacial score (nSPS) is 27.3. The molecule has 43 heavy (non-hydrogen) atoms. The third kappa shape index (κ3) is 12.1. The van der Waals surface area contributed by atoms with Crippen molar-refractivity contribution in [1.82, 2.24) is 21.3 Å². The molecule has 6 atom stereocenters. The molecule has 0 bridgehead atoms. The fourth-order valence-corrected chi connectivity index (χ4v) is 9.24.